The minimum Gasteiger partial charge on any atom is -0.495 e. The number of benzene rings is 2. The smallest absolute Gasteiger partial charge is 0.187 e. The lowest BCUT2D eigenvalue weighted by Crippen LogP contribution is -2.00. The molecular formula is C14H12ClN5O. The number of anilines is 1. The summed E-state index contributed by atoms with van der Waals surface area (Å²) >= 11 is 6.01. The molecule has 0 aliphatic rings. The molecule has 21 heavy (non-hydrogen) atoms. The zero-order chi connectivity index (χ0) is 14.8. The van der Waals surface area contributed by atoms with E-state index in [9.17, 15) is 0 Å². The van der Waals surface area contributed by atoms with Gasteiger partial charge in [0.25, 0.3) is 0 Å². The second-order valence-electron chi connectivity index (χ2n) is 4.35. The van der Waals surface area contributed by atoms with Crippen LogP contribution in [0.25, 0.3) is 17.1 Å². The third-order valence-corrected chi connectivity index (χ3v) is 3.25. The van der Waals surface area contributed by atoms with Crippen LogP contribution in [0.3, 0.4) is 0 Å². The van der Waals surface area contributed by atoms with Crippen LogP contribution in [0.4, 0.5) is 5.69 Å². The Bertz CT molecular complexity index is 787. The lowest BCUT2D eigenvalue weighted by atomic mass is 10.1. The van der Waals surface area contributed by atoms with Gasteiger partial charge in [-0.1, -0.05) is 17.7 Å². The van der Waals surface area contributed by atoms with E-state index < -0.39 is 0 Å². The first-order valence-electron chi connectivity index (χ1n) is 6.17. The largest absolute Gasteiger partial charge is 0.495 e. The standard InChI is InChI=1S/C14H12ClN5O/c1-21-13-7-9(5-6-12(13)16)14-17-18-19-20(14)11-4-2-3-10(15)8-11/h2-8H,16H2,1H3. The summed E-state index contributed by atoms with van der Waals surface area (Å²) in [6, 6.07) is 12.7. The van der Waals surface area contributed by atoms with E-state index in [1.54, 1.807) is 36.1 Å². The molecule has 0 aliphatic heterocycles. The quantitative estimate of drug-likeness (QED) is 0.752. The van der Waals surface area contributed by atoms with E-state index in [1.165, 1.54) is 0 Å². The number of nitrogen functional groups attached to an aromatic ring is 1. The Morgan fingerprint density at radius 3 is 2.81 bits per heavy atom. The Labute approximate surface area is 126 Å². The maximum atomic E-state index is 6.01. The van der Waals surface area contributed by atoms with Crippen LogP contribution < -0.4 is 10.5 Å². The van der Waals surface area contributed by atoms with Crippen molar-refractivity contribution in [3.8, 4) is 22.8 Å². The minimum absolute atomic E-state index is 0.558. The summed E-state index contributed by atoms with van der Waals surface area (Å²) in [7, 11) is 1.56. The second-order valence-corrected chi connectivity index (χ2v) is 4.79. The Hall–Kier alpha value is -2.60. The van der Waals surface area contributed by atoms with Crippen LogP contribution in [-0.4, -0.2) is 27.3 Å². The first-order valence-corrected chi connectivity index (χ1v) is 6.55. The molecule has 3 rings (SSSR count). The molecule has 0 radical (unpaired) electrons. The van der Waals surface area contributed by atoms with Crippen molar-refractivity contribution in [1.29, 1.82) is 0 Å². The predicted molar refractivity (Wildman–Crippen MR) is 80.6 cm³/mol. The first kappa shape index (κ1) is 13.4. The molecule has 3 aromatic rings. The molecule has 106 valence electrons. The number of hydrogen-bond donors (Lipinski definition) is 1. The van der Waals surface area contributed by atoms with Gasteiger partial charge in [0.05, 0.1) is 18.5 Å². The molecule has 0 unspecified atom stereocenters. The molecule has 6 nitrogen and oxygen atoms in total. The Balaban J connectivity index is 2.11. The maximum Gasteiger partial charge on any atom is 0.187 e. The Morgan fingerprint density at radius 2 is 2.05 bits per heavy atom. The van der Waals surface area contributed by atoms with Crippen LogP contribution in [0.2, 0.25) is 5.02 Å². The van der Waals surface area contributed by atoms with Crippen LogP contribution in [0.15, 0.2) is 42.5 Å². The monoisotopic (exact) mass is 301 g/mol. The molecule has 2 N–H and O–H groups in total. The molecule has 0 spiro atoms. The van der Waals surface area contributed by atoms with Gasteiger partial charge in [-0.2, -0.15) is 4.68 Å². The van der Waals surface area contributed by atoms with Gasteiger partial charge in [0.1, 0.15) is 5.75 Å². The molecule has 0 amide bonds. The molecule has 0 saturated heterocycles. The maximum absolute atomic E-state index is 6.01. The topological polar surface area (TPSA) is 78.9 Å². The molecule has 2 aromatic carbocycles. The summed E-state index contributed by atoms with van der Waals surface area (Å²) in [4.78, 5) is 0. The van der Waals surface area contributed by atoms with Crippen LogP contribution in [0, 0.1) is 0 Å². The van der Waals surface area contributed by atoms with Crippen LogP contribution >= 0.6 is 11.6 Å². The number of ether oxygens (including phenoxy) is 1. The number of nitrogens with zero attached hydrogens (tertiary/aromatic N) is 4. The van der Waals surface area contributed by atoms with Gasteiger partial charge < -0.3 is 10.5 Å². The third kappa shape index (κ3) is 2.53. The lowest BCUT2D eigenvalue weighted by molar-refractivity contribution is 0.417. The van der Waals surface area contributed by atoms with Crippen molar-refractivity contribution in [3.05, 3.63) is 47.5 Å². The van der Waals surface area contributed by atoms with E-state index in [4.69, 9.17) is 22.1 Å². The number of halogens is 1. The van der Waals surface area contributed by atoms with Gasteiger partial charge in [-0.3, -0.25) is 0 Å². The van der Waals surface area contributed by atoms with Gasteiger partial charge in [-0.05, 0) is 46.8 Å². The molecular weight excluding hydrogens is 290 g/mol. The summed E-state index contributed by atoms with van der Waals surface area (Å²) < 4.78 is 6.83. The summed E-state index contributed by atoms with van der Waals surface area (Å²) in [5.41, 5.74) is 7.95. The zero-order valence-corrected chi connectivity index (χ0v) is 11.9. The summed E-state index contributed by atoms with van der Waals surface area (Å²) in [5.74, 6) is 1.16. The van der Waals surface area contributed by atoms with Gasteiger partial charge in [0, 0.05) is 10.6 Å². The molecule has 0 aliphatic carbocycles. The zero-order valence-electron chi connectivity index (χ0n) is 11.2. The van der Waals surface area contributed by atoms with E-state index in [-0.39, 0.29) is 0 Å². The summed E-state index contributed by atoms with van der Waals surface area (Å²) in [6.07, 6.45) is 0. The molecule has 0 fully saturated rings. The number of nitrogens with two attached hydrogens (primary N) is 1. The highest BCUT2D eigenvalue weighted by Crippen LogP contribution is 2.28. The minimum atomic E-state index is 0.558. The van der Waals surface area contributed by atoms with Gasteiger partial charge in [0.15, 0.2) is 5.82 Å². The second kappa shape index (κ2) is 5.41. The number of tetrazole rings is 1. The highest BCUT2D eigenvalue weighted by Gasteiger charge is 2.12. The van der Waals surface area contributed by atoms with Crippen LogP contribution in [0.5, 0.6) is 5.75 Å². The van der Waals surface area contributed by atoms with E-state index in [1.807, 2.05) is 18.2 Å². The van der Waals surface area contributed by atoms with Crippen molar-refractivity contribution in [1.82, 2.24) is 20.2 Å². The molecule has 1 aromatic heterocycles. The van der Waals surface area contributed by atoms with Crippen LogP contribution in [-0.2, 0) is 0 Å². The highest BCUT2D eigenvalue weighted by atomic mass is 35.5. The number of rotatable bonds is 3. The SMILES string of the molecule is COc1cc(-c2nnnn2-c2cccc(Cl)c2)ccc1N. The van der Waals surface area contributed by atoms with Crippen molar-refractivity contribution in [2.45, 2.75) is 0 Å². The number of methoxy groups -OCH3 is 1. The van der Waals surface area contributed by atoms with Gasteiger partial charge >= 0.3 is 0 Å². The fraction of sp³-hybridized carbons (Fsp3) is 0.0714. The fourth-order valence-corrected chi connectivity index (χ4v) is 2.18. The van der Waals surface area contributed by atoms with Gasteiger partial charge in [-0.25, -0.2) is 0 Å². The normalized spacial score (nSPS) is 10.6. The fourth-order valence-electron chi connectivity index (χ4n) is 2.00. The van der Waals surface area contributed by atoms with Gasteiger partial charge in [-0.15, -0.1) is 5.10 Å². The van der Waals surface area contributed by atoms with E-state index in [0.29, 0.717) is 22.3 Å². The lowest BCUT2D eigenvalue weighted by Gasteiger charge is -2.08. The molecule has 1 heterocycles. The van der Waals surface area contributed by atoms with Crippen molar-refractivity contribution in [2.75, 3.05) is 12.8 Å². The molecule has 0 bridgehead atoms. The van der Waals surface area contributed by atoms with Crippen molar-refractivity contribution < 1.29 is 4.74 Å². The molecule has 0 saturated carbocycles. The van der Waals surface area contributed by atoms with Gasteiger partial charge in [0.2, 0.25) is 0 Å². The summed E-state index contributed by atoms with van der Waals surface area (Å²) in [5, 5.41) is 12.4. The third-order valence-electron chi connectivity index (χ3n) is 3.01. The molecule has 7 heteroatoms. The van der Waals surface area contributed by atoms with Crippen molar-refractivity contribution in [3.63, 3.8) is 0 Å². The van der Waals surface area contributed by atoms with E-state index in [0.717, 1.165) is 11.3 Å². The predicted octanol–water partition coefficient (Wildman–Crippen LogP) is 2.57. The van der Waals surface area contributed by atoms with Crippen LogP contribution in [0.1, 0.15) is 0 Å². The first-order chi connectivity index (χ1) is 10.2. The number of hydrogen-bond acceptors (Lipinski definition) is 5. The average molecular weight is 302 g/mol. The number of aromatic nitrogens is 4. The van der Waals surface area contributed by atoms with Crippen molar-refractivity contribution >= 4 is 17.3 Å². The molecule has 0 atom stereocenters. The Kier molecular flexibility index (Phi) is 3.45. The van der Waals surface area contributed by atoms with E-state index in [2.05, 4.69) is 15.5 Å². The summed E-state index contributed by atoms with van der Waals surface area (Å²) in [6.45, 7) is 0. The van der Waals surface area contributed by atoms with Crippen molar-refractivity contribution in [2.24, 2.45) is 0 Å². The Morgan fingerprint density at radius 1 is 1.19 bits per heavy atom. The average Bonchev–Trinajstić information content (AvgIpc) is 2.97. The highest BCUT2D eigenvalue weighted by molar-refractivity contribution is 6.30. The van der Waals surface area contributed by atoms with E-state index >= 15 is 0 Å².